The molecule has 0 radical (unpaired) electrons. The maximum absolute atomic E-state index is 12.3. The SMILES string of the molecule is CC(N)CCCC(C)C(=O)N1CCOC(CC(=O)O)C1. The molecule has 0 bridgehead atoms. The first-order valence-corrected chi connectivity index (χ1v) is 7.28. The molecule has 0 saturated carbocycles. The van der Waals surface area contributed by atoms with E-state index in [0.717, 1.165) is 19.3 Å². The van der Waals surface area contributed by atoms with E-state index in [-0.39, 0.29) is 30.4 Å². The molecule has 1 aliphatic heterocycles. The van der Waals surface area contributed by atoms with Crippen LogP contribution >= 0.6 is 0 Å². The summed E-state index contributed by atoms with van der Waals surface area (Å²) in [6, 6.07) is 0.167. The van der Waals surface area contributed by atoms with Crippen LogP contribution in [-0.2, 0) is 14.3 Å². The van der Waals surface area contributed by atoms with Crippen molar-refractivity contribution in [2.24, 2.45) is 11.7 Å². The minimum Gasteiger partial charge on any atom is -0.481 e. The van der Waals surface area contributed by atoms with E-state index in [9.17, 15) is 9.59 Å². The Morgan fingerprint density at radius 1 is 1.40 bits per heavy atom. The number of nitrogens with two attached hydrogens (primary N) is 1. The van der Waals surface area contributed by atoms with E-state index in [1.807, 2.05) is 13.8 Å². The number of rotatable bonds is 7. The zero-order valence-electron chi connectivity index (χ0n) is 12.4. The summed E-state index contributed by atoms with van der Waals surface area (Å²) in [5, 5.41) is 8.77. The molecule has 6 heteroatoms. The van der Waals surface area contributed by atoms with Gasteiger partial charge in [-0.1, -0.05) is 13.3 Å². The van der Waals surface area contributed by atoms with E-state index in [1.165, 1.54) is 0 Å². The molecular formula is C14H26N2O4. The molecule has 0 spiro atoms. The van der Waals surface area contributed by atoms with Gasteiger partial charge in [-0.15, -0.1) is 0 Å². The highest BCUT2D eigenvalue weighted by Crippen LogP contribution is 2.16. The maximum atomic E-state index is 12.3. The Labute approximate surface area is 120 Å². The number of carbonyl (C=O) groups is 2. The summed E-state index contributed by atoms with van der Waals surface area (Å²) in [7, 11) is 0. The normalized spacial score (nSPS) is 22.4. The van der Waals surface area contributed by atoms with Crippen LogP contribution in [0.2, 0.25) is 0 Å². The van der Waals surface area contributed by atoms with Gasteiger partial charge in [0.2, 0.25) is 5.91 Å². The molecule has 6 nitrogen and oxygen atoms in total. The summed E-state index contributed by atoms with van der Waals surface area (Å²) in [5.41, 5.74) is 5.69. The number of hydrogen-bond donors (Lipinski definition) is 2. The Kier molecular flexibility index (Phi) is 6.95. The molecule has 0 aromatic carbocycles. The lowest BCUT2D eigenvalue weighted by Crippen LogP contribution is -2.48. The summed E-state index contributed by atoms with van der Waals surface area (Å²) in [5.74, 6) is -0.847. The molecule has 0 aromatic rings. The van der Waals surface area contributed by atoms with E-state index < -0.39 is 5.97 Å². The molecule has 1 amide bonds. The third-order valence-electron chi connectivity index (χ3n) is 3.57. The molecule has 1 heterocycles. The molecule has 1 rings (SSSR count). The van der Waals surface area contributed by atoms with Gasteiger partial charge in [-0.25, -0.2) is 0 Å². The van der Waals surface area contributed by atoms with Gasteiger partial charge in [-0.05, 0) is 19.8 Å². The number of amides is 1. The molecule has 3 N–H and O–H groups in total. The molecule has 0 aromatic heterocycles. The van der Waals surface area contributed by atoms with Gasteiger partial charge < -0.3 is 20.5 Å². The first-order valence-electron chi connectivity index (χ1n) is 7.28. The third-order valence-corrected chi connectivity index (χ3v) is 3.57. The van der Waals surface area contributed by atoms with Crippen molar-refractivity contribution in [3.05, 3.63) is 0 Å². The van der Waals surface area contributed by atoms with Gasteiger partial charge in [0.1, 0.15) is 0 Å². The van der Waals surface area contributed by atoms with Crippen molar-refractivity contribution in [1.82, 2.24) is 4.90 Å². The third kappa shape index (κ3) is 5.88. The Morgan fingerprint density at radius 2 is 2.10 bits per heavy atom. The number of morpholine rings is 1. The predicted molar refractivity (Wildman–Crippen MR) is 75.2 cm³/mol. The predicted octanol–water partition coefficient (Wildman–Crippen LogP) is 0.842. The van der Waals surface area contributed by atoms with Gasteiger partial charge in [0, 0.05) is 25.0 Å². The summed E-state index contributed by atoms with van der Waals surface area (Å²) in [6.45, 7) is 5.22. The van der Waals surface area contributed by atoms with Gasteiger partial charge in [0.05, 0.1) is 19.1 Å². The first kappa shape index (κ1) is 16.9. The molecule has 3 unspecified atom stereocenters. The molecular weight excluding hydrogens is 260 g/mol. The van der Waals surface area contributed by atoms with Crippen LogP contribution in [0.1, 0.15) is 39.5 Å². The maximum Gasteiger partial charge on any atom is 0.306 e. The lowest BCUT2D eigenvalue weighted by atomic mass is 10.00. The number of hydrogen-bond acceptors (Lipinski definition) is 4. The van der Waals surface area contributed by atoms with Gasteiger partial charge in [0.25, 0.3) is 0 Å². The van der Waals surface area contributed by atoms with Crippen LogP contribution in [0.5, 0.6) is 0 Å². The largest absolute Gasteiger partial charge is 0.481 e. The highest BCUT2D eigenvalue weighted by atomic mass is 16.5. The molecule has 1 saturated heterocycles. The van der Waals surface area contributed by atoms with Crippen LogP contribution in [0.3, 0.4) is 0 Å². The van der Waals surface area contributed by atoms with Crippen LogP contribution in [-0.4, -0.2) is 53.7 Å². The zero-order valence-corrected chi connectivity index (χ0v) is 12.4. The van der Waals surface area contributed by atoms with Crippen LogP contribution < -0.4 is 5.73 Å². The highest BCUT2D eigenvalue weighted by Gasteiger charge is 2.28. The summed E-state index contributed by atoms with van der Waals surface area (Å²) < 4.78 is 5.37. The van der Waals surface area contributed by atoms with Gasteiger partial charge in [0.15, 0.2) is 0 Å². The topological polar surface area (TPSA) is 92.9 Å². The molecule has 1 fully saturated rings. The van der Waals surface area contributed by atoms with Crippen molar-refractivity contribution in [2.45, 2.75) is 51.7 Å². The molecule has 116 valence electrons. The first-order chi connectivity index (χ1) is 9.40. The fourth-order valence-corrected chi connectivity index (χ4v) is 2.42. The lowest BCUT2D eigenvalue weighted by molar-refractivity contribution is -0.149. The Hall–Kier alpha value is -1.14. The monoisotopic (exact) mass is 286 g/mol. The van der Waals surface area contributed by atoms with Crippen LogP contribution in [0.25, 0.3) is 0 Å². The zero-order chi connectivity index (χ0) is 15.1. The number of carbonyl (C=O) groups excluding carboxylic acids is 1. The summed E-state index contributed by atoms with van der Waals surface area (Å²) in [6.07, 6.45) is 2.24. The van der Waals surface area contributed by atoms with Crippen molar-refractivity contribution in [3.63, 3.8) is 0 Å². The summed E-state index contributed by atoms with van der Waals surface area (Å²) in [4.78, 5) is 24.7. The quantitative estimate of drug-likeness (QED) is 0.723. The van der Waals surface area contributed by atoms with Crippen LogP contribution in [0.4, 0.5) is 0 Å². The highest BCUT2D eigenvalue weighted by molar-refractivity contribution is 5.78. The Balaban J connectivity index is 2.39. The Bertz CT molecular complexity index is 333. The number of ether oxygens (including phenoxy) is 1. The minimum atomic E-state index is -0.894. The lowest BCUT2D eigenvalue weighted by Gasteiger charge is -2.34. The van der Waals surface area contributed by atoms with Crippen molar-refractivity contribution in [1.29, 1.82) is 0 Å². The second-order valence-corrected chi connectivity index (χ2v) is 5.68. The van der Waals surface area contributed by atoms with Gasteiger partial charge in [-0.3, -0.25) is 9.59 Å². The minimum absolute atomic E-state index is 0.0441. The van der Waals surface area contributed by atoms with Crippen LogP contribution in [0.15, 0.2) is 0 Å². The number of carboxylic acids is 1. The van der Waals surface area contributed by atoms with E-state index in [1.54, 1.807) is 4.90 Å². The smallest absolute Gasteiger partial charge is 0.306 e. The van der Waals surface area contributed by atoms with E-state index >= 15 is 0 Å². The molecule has 1 aliphatic rings. The van der Waals surface area contributed by atoms with Crippen molar-refractivity contribution >= 4 is 11.9 Å². The van der Waals surface area contributed by atoms with Gasteiger partial charge >= 0.3 is 5.97 Å². The van der Waals surface area contributed by atoms with E-state index in [2.05, 4.69) is 0 Å². The summed E-state index contributed by atoms with van der Waals surface area (Å²) >= 11 is 0. The van der Waals surface area contributed by atoms with Crippen molar-refractivity contribution in [3.8, 4) is 0 Å². The van der Waals surface area contributed by atoms with Crippen molar-refractivity contribution in [2.75, 3.05) is 19.7 Å². The van der Waals surface area contributed by atoms with Gasteiger partial charge in [-0.2, -0.15) is 0 Å². The average Bonchev–Trinajstić information content (AvgIpc) is 2.36. The number of aliphatic carboxylic acids is 1. The van der Waals surface area contributed by atoms with Crippen molar-refractivity contribution < 1.29 is 19.4 Å². The van der Waals surface area contributed by atoms with E-state index in [0.29, 0.717) is 19.7 Å². The Morgan fingerprint density at radius 3 is 2.70 bits per heavy atom. The standard InChI is InChI=1S/C14H26N2O4/c1-10(4-3-5-11(2)15)14(19)16-6-7-20-12(9-16)8-13(17)18/h10-12H,3-9,15H2,1-2H3,(H,17,18). The number of carboxylic acid groups (broad SMARTS) is 1. The molecule has 3 atom stereocenters. The fourth-order valence-electron chi connectivity index (χ4n) is 2.42. The molecule has 0 aliphatic carbocycles. The van der Waals surface area contributed by atoms with Crippen LogP contribution in [0, 0.1) is 5.92 Å². The molecule has 20 heavy (non-hydrogen) atoms. The fraction of sp³-hybridized carbons (Fsp3) is 0.857. The second kappa shape index (κ2) is 8.21. The average molecular weight is 286 g/mol. The van der Waals surface area contributed by atoms with E-state index in [4.69, 9.17) is 15.6 Å². The number of nitrogens with zero attached hydrogens (tertiary/aromatic N) is 1. The second-order valence-electron chi connectivity index (χ2n) is 5.68.